The minimum absolute atomic E-state index is 0.0870. The van der Waals surface area contributed by atoms with Gasteiger partial charge in [0.1, 0.15) is 19.3 Å². The maximum absolute atomic E-state index is 12.5. The van der Waals surface area contributed by atoms with Crippen molar-refractivity contribution in [3.8, 4) is 0 Å². The predicted octanol–water partition coefficient (Wildman–Crippen LogP) is 6.63. The third-order valence-electron chi connectivity index (χ3n) is 7.60. The Bertz CT molecular complexity index is 1120. The number of carbonyl (C=O) groups excluding carboxylic acids is 4. The van der Waals surface area contributed by atoms with Crippen LogP contribution in [0.5, 0.6) is 0 Å². The van der Waals surface area contributed by atoms with E-state index >= 15 is 0 Å². The molecule has 0 saturated carbocycles. The van der Waals surface area contributed by atoms with E-state index in [-0.39, 0.29) is 25.7 Å². The van der Waals surface area contributed by atoms with E-state index in [2.05, 4.69) is 6.92 Å². The molecule has 3 N–H and O–H groups in total. The lowest BCUT2D eigenvalue weighted by Gasteiger charge is -2.21. The highest BCUT2D eigenvalue weighted by atomic mass is 31.2. The van der Waals surface area contributed by atoms with Crippen molar-refractivity contribution in [1.82, 2.24) is 0 Å². The van der Waals surface area contributed by atoms with Gasteiger partial charge in [0.15, 0.2) is 12.2 Å². The first-order chi connectivity index (χ1) is 25.7. The first-order valence-electron chi connectivity index (χ1n) is 19.3. The summed E-state index contributed by atoms with van der Waals surface area (Å²) in [5.74, 6) is -2.27. The first-order valence-corrected chi connectivity index (χ1v) is 22.3. The van der Waals surface area contributed by atoms with Crippen molar-refractivity contribution < 1.29 is 80.2 Å². The molecule has 0 fully saturated rings. The lowest BCUT2D eigenvalue weighted by atomic mass is 10.1. The zero-order valence-electron chi connectivity index (χ0n) is 32.7. The zero-order valence-corrected chi connectivity index (χ0v) is 34.4. The molecule has 0 aromatic carbocycles. The van der Waals surface area contributed by atoms with Crippen molar-refractivity contribution >= 4 is 39.5 Å². The fourth-order valence-corrected chi connectivity index (χ4v) is 6.06. The number of rotatable bonds is 36. The Hall–Kier alpha value is -1.94. The predicted molar refractivity (Wildman–Crippen MR) is 197 cm³/mol. The number of phosphoric acid groups is 2. The van der Waals surface area contributed by atoms with Gasteiger partial charge in [0, 0.05) is 25.7 Å². The molecule has 0 aromatic rings. The van der Waals surface area contributed by atoms with Gasteiger partial charge in [0.2, 0.25) is 0 Å². The van der Waals surface area contributed by atoms with Crippen LogP contribution in [0.1, 0.15) is 143 Å². The van der Waals surface area contributed by atoms with Crippen LogP contribution in [0.4, 0.5) is 0 Å². The van der Waals surface area contributed by atoms with Gasteiger partial charge in [0.25, 0.3) is 0 Å². The van der Waals surface area contributed by atoms with Gasteiger partial charge in [-0.05, 0) is 25.7 Å². The Kier molecular flexibility index (Phi) is 31.0. The van der Waals surface area contributed by atoms with Gasteiger partial charge in [-0.2, -0.15) is 0 Å². The summed E-state index contributed by atoms with van der Waals surface area (Å²) in [6, 6.07) is 0. The number of aliphatic hydroxyl groups excluding tert-OH is 1. The second-order valence-electron chi connectivity index (χ2n) is 12.9. The summed E-state index contributed by atoms with van der Waals surface area (Å²) in [7, 11) is -9.77. The summed E-state index contributed by atoms with van der Waals surface area (Å²) < 4.78 is 65.3. The minimum atomic E-state index is -4.89. The molecule has 54 heavy (non-hydrogen) atoms. The molecule has 0 saturated heterocycles. The summed E-state index contributed by atoms with van der Waals surface area (Å²) in [4.78, 5) is 69.0. The molecule has 318 valence electrons. The fraction of sp³-hybridized carbons (Fsp3) is 0.886. The Morgan fingerprint density at radius 2 is 0.759 bits per heavy atom. The molecule has 0 rings (SSSR count). The Morgan fingerprint density at radius 3 is 1.19 bits per heavy atom. The third kappa shape index (κ3) is 31.3. The minimum Gasteiger partial charge on any atom is -0.462 e. The van der Waals surface area contributed by atoms with Crippen molar-refractivity contribution in [3.63, 3.8) is 0 Å². The Balaban J connectivity index is 5.03. The smallest absolute Gasteiger partial charge is 0.462 e. The molecule has 0 aromatic heterocycles. The highest BCUT2D eigenvalue weighted by Gasteiger charge is 2.30. The zero-order chi connectivity index (χ0) is 40.7. The van der Waals surface area contributed by atoms with E-state index in [1.165, 1.54) is 0 Å². The van der Waals surface area contributed by atoms with Crippen molar-refractivity contribution in [3.05, 3.63) is 0 Å². The Morgan fingerprint density at radius 1 is 0.444 bits per heavy atom. The van der Waals surface area contributed by atoms with Crippen LogP contribution in [0, 0.1) is 0 Å². The van der Waals surface area contributed by atoms with Gasteiger partial charge < -0.3 is 33.8 Å². The summed E-state index contributed by atoms with van der Waals surface area (Å²) >= 11 is 0. The Labute approximate surface area is 320 Å². The van der Waals surface area contributed by atoms with Crippen LogP contribution in [-0.2, 0) is 65.4 Å². The van der Waals surface area contributed by atoms with Gasteiger partial charge in [-0.1, -0.05) is 91.9 Å². The normalized spacial score (nSPS) is 15.3. The highest BCUT2D eigenvalue weighted by molar-refractivity contribution is 7.47. The molecule has 17 nitrogen and oxygen atoms in total. The number of hydrogen-bond acceptors (Lipinski definition) is 15. The van der Waals surface area contributed by atoms with E-state index in [1.54, 1.807) is 0 Å². The third-order valence-corrected chi connectivity index (χ3v) is 9.50. The van der Waals surface area contributed by atoms with Gasteiger partial charge in [-0.25, -0.2) is 9.13 Å². The number of carbonyl (C=O) groups is 4. The molecule has 0 aliphatic carbocycles. The number of aliphatic hydroxyl groups is 1. The largest absolute Gasteiger partial charge is 0.472 e. The van der Waals surface area contributed by atoms with E-state index in [4.69, 9.17) is 37.0 Å². The lowest BCUT2D eigenvalue weighted by Crippen LogP contribution is -2.30. The molecule has 19 heteroatoms. The van der Waals surface area contributed by atoms with Crippen molar-refractivity contribution in [2.45, 2.75) is 162 Å². The molecule has 0 radical (unpaired) electrons. The highest BCUT2D eigenvalue weighted by Crippen LogP contribution is 2.45. The second-order valence-corrected chi connectivity index (χ2v) is 15.8. The summed E-state index contributed by atoms with van der Waals surface area (Å²) in [6.07, 6.45) is 7.78. The molecule has 0 aliphatic heterocycles. The van der Waals surface area contributed by atoms with Crippen LogP contribution >= 0.6 is 15.6 Å². The van der Waals surface area contributed by atoms with Gasteiger partial charge in [-0.3, -0.25) is 37.3 Å². The maximum atomic E-state index is 12.5. The second kappa shape index (κ2) is 32.2. The summed E-state index contributed by atoms with van der Waals surface area (Å²) in [6.45, 7) is 3.97. The van der Waals surface area contributed by atoms with Crippen molar-refractivity contribution in [1.29, 1.82) is 0 Å². The quantitative estimate of drug-likeness (QED) is 0.0260. The standard InChI is InChI=1S/C35H66O17P2/c1-5-9-13-15-18-22-35(40)52-31(26-46-33(38)20-17-14-10-6-2)28-50-54(43,44)48-24-29(36)23-47-53(41,42)49-27-30(25-45-32(37)19-12-8-4)51-34(39)21-16-11-7-3/h29-31,36H,5-28H2,1-4H3,(H,41,42)(H,43,44)/t29-,30+,31+/m0/s1. The molecule has 0 bridgehead atoms. The van der Waals surface area contributed by atoms with E-state index in [9.17, 15) is 43.2 Å². The van der Waals surface area contributed by atoms with Crippen molar-refractivity contribution in [2.24, 2.45) is 0 Å². The molecule has 0 aliphatic rings. The first kappa shape index (κ1) is 52.1. The molecule has 5 atom stereocenters. The molecule has 2 unspecified atom stereocenters. The fourth-order valence-electron chi connectivity index (χ4n) is 4.49. The topological polar surface area (TPSA) is 237 Å². The van der Waals surface area contributed by atoms with Gasteiger partial charge in [0.05, 0.1) is 26.4 Å². The van der Waals surface area contributed by atoms with E-state index in [0.29, 0.717) is 25.7 Å². The average Bonchev–Trinajstić information content (AvgIpc) is 3.13. The number of unbranched alkanes of at least 4 members (excludes halogenated alkanes) is 10. The van der Waals surface area contributed by atoms with Crippen LogP contribution in [0.2, 0.25) is 0 Å². The molecular weight excluding hydrogens is 754 g/mol. The molecular formula is C35H66O17P2. The molecule has 0 amide bonds. The van der Waals surface area contributed by atoms with Crippen LogP contribution in [0.15, 0.2) is 0 Å². The number of esters is 4. The van der Waals surface area contributed by atoms with E-state index in [0.717, 1.165) is 64.2 Å². The monoisotopic (exact) mass is 820 g/mol. The molecule has 0 spiro atoms. The molecule has 0 heterocycles. The van der Waals surface area contributed by atoms with Gasteiger partial charge in [-0.15, -0.1) is 0 Å². The van der Waals surface area contributed by atoms with Crippen LogP contribution in [0.25, 0.3) is 0 Å². The van der Waals surface area contributed by atoms with Crippen LogP contribution in [-0.4, -0.2) is 96.7 Å². The van der Waals surface area contributed by atoms with Gasteiger partial charge >= 0.3 is 39.5 Å². The van der Waals surface area contributed by atoms with Crippen LogP contribution < -0.4 is 0 Å². The number of ether oxygens (including phenoxy) is 4. The SMILES string of the molecule is CCCCCCCC(=O)O[C@H](COC(=O)CCCCCC)COP(=O)(O)OC[C@@H](O)COP(=O)(O)OC[C@@H](COC(=O)CCCC)OC(=O)CCCCC. The number of hydrogen-bond donors (Lipinski definition) is 3. The van der Waals surface area contributed by atoms with Crippen LogP contribution in [0.3, 0.4) is 0 Å². The average molecular weight is 821 g/mol. The van der Waals surface area contributed by atoms with E-state index in [1.807, 2.05) is 20.8 Å². The number of phosphoric ester groups is 2. The summed E-state index contributed by atoms with van der Waals surface area (Å²) in [5, 5.41) is 10.2. The summed E-state index contributed by atoms with van der Waals surface area (Å²) in [5.41, 5.74) is 0. The lowest BCUT2D eigenvalue weighted by molar-refractivity contribution is -0.161. The van der Waals surface area contributed by atoms with Crippen molar-refractivity contribution in [2.75, 3.05) is 39.6 Å². The maximum Gasteiger partial charge on any atom is 0.472 e. The van der Waals surface area contributed by atoms with E-state index < -0.39 is 97.5 Å².